The van der Waals surface area contributed by atoms with Gasteiger partial charge >= 0.3 is 0 Å². The van der Waals surface area contributed by atoms with E-state index in [0.717, 1.165) is 12.8 Å². The number of likely N-dealkylation sites (N-methyl/N-ethyl adjacent to an activating group) is 1. The fourth-order valence-electron chi connectivity index (χ4n) is 3.51. The van der Waals surface area contributed by atoms with Crippen LogP contribution < -0.4 is 5.14 Å². The molecule has 2 N–H and O–H groups in total. The number of likely N-dealkylation sites (tertiary alicyclic amines) is 1. The molecular formula is C15H20ClN3O3S. The molecule has 0 radical (unpaired) electrons. The highest BCUT2D eigenvalue weighted by Crippen LogP contribution is 2.30. The minimum atomic E-state index is -3.83. The Hall–Kier alpha value is -1.15. The van der Waals surface area contributed by atoms with Crippen LogP contribution in [0.2, 0.25) is 5.02 Å². The van der Waals surface area contributed by atoms with Crippen LogP contribution in [0.3, 0.4) is 0 Å². The van der Waals surface area contributed by atoms with E-state index >= 15 is 0 Å². The number of benzene rings is 1. The molecule has 0 spiro atoms. The lowest BCUT2D eigenvalue weighted by Crippen LogP contribution is -2.39. The normalized spacial score (nSPS) is 25.4. The third-order valence-electron chi connectivity index (χ3n) is 4.94. The summed E-state index contributed by atoms with van der Waals surface area (Å²) < 4.78 is 22.7. The lowest BCUT2D eigenvalue weighted by molar-refractivity contribution is 0.0740. The molecule has 1 amide bonds. The lowest BCUT2D eigenvalue weighted by atomic mass is 10.1. The van der Waals surface area contributed by atoms with Gasteiger partial charge in [0.15, 0.2) is 0 Å². The van der Waals surface area contributed by atoms with Gasteiger partial charge in [-0.15, -0.1) is 0 Å². The highest BCUT2D eigenvalue weighted by Gasteiger charge is 2.36. The minimum Gasteiger partial charge on any atom is -0.337 e. The van der Waals surface area contributed by atoms with E-state index < -0.39 is 10.0 Å². The predicted molar refractivity (Wildman–Crippen MR) is 87.9 cm³/mol. The van der Waals surface area contributed by atoms with E-state index in [0.29, 0.717) is 30.7 Å². The molecule has 2 atom stereocenters. The number of amides is 1. The maximum Gasteiger partial charge on any atom is 0.255 e. The fourth-order valence-corrected chi connectivity index (χ4v) is 4.38. The van der Waals surface area contributed by atoms with Crippen LogP contribution in [0.15, 0.2) is 23.1 Å². The Morgan fingerprint density at radius 1 is 1.26 bits per heavy atom. The molecule has 1 aromatic carbocycles. The zero-order valence-electron chi connectivity index (χ0n) is 12.9. The Morgan fingerprint density at radius 2 is 1.96 bits per heavy atom. The zero-order chi connectivity index (χ0) is 16.8. The summed E-state index contributed by atoms with van der Waals surface area (Å²) in [5.74, 6) is -0.156. The van der Waals surface area contributed by atoms with E-state index in [-0.39, 0.29) is 15.8 Å². The van der Waals surface area contributed by atoms with Gasteiger partial charge < -0.3 is 4.90 Å². The first-order valence-corrected chi connectivity index (χ1v) is 9.53. The number of carbonyl (C=O) groups is 1. The molecule has 8 heteroatoms. The first kappa shape index (κ1) is 16.7. The van der Waals surface area contributed by atoms with Crippen molar-refractivity contribution < 1.29 is 13.2 Å². The highest BCUT2D eigenvalue weighted by molar-refractivity contribution is 7.89. The number of halogens is 1. The van der Waals surface area contributed by atoms with Crippen molar-refractivity contribution in [2.45, 2.75) is 36.2 Å². The summed E-state index contributed by atoms with van der Waals surface area (Å²) >= 11 is 6.12. The van der Waals surface area contributed by atoms with E-state index in [4.69, 9.17) is 16.7 Å². The standard InChI is InChI=1S/C15H20ClN3O3S/c1-18-10-2-3-11(18)9-19(7-6-10)15(20)13-5-4-12(8-14(13)16)23(17,21)22/h4-5,8,10-11H,2-3,6-7,9H2,1H3,(H2,17,21,22). The summed E-state index contributed by atoms with van der Waals surface area (Å²) in [5.41, 5.74) is 0.319. The van der Waals surface area contributed by atoms with Gasteiger partial charge in [0, 0.05) is 25.2 Å². The molecule has 2 saturated heterocycles. The van der Waals surface area contributed by atoms with Gasteiger partial charge in [0.2, 0.25) is 10.0 Å². The Labute approximate surface area is 141 Å². The summed E-state index contributed by atoms with van der Waals surface area (Å²) in [7, 11) is -1.71. The number of rotatable bonds is 2. The van der Waals surface area contributed by atoms with Crippen LogP contribution in [0.4, 0.5) is 0 Å². The summed E-state index contributed by atoms with van der Waals surface area (Å²) in [6.07, 6.45) is 3.24. The molecule has 2 unspecified atom stereocenters. The Kier molecular flexibility index (Phi) is 4.39. The van der Waals surface area contributed by atoms with Crippen LogP contribution in [0.5, 0.6) is 0 Å². The molecule has 0 aromatic heterocycles. The number of sulfonamides is 1. The monoisotopic (exact) mass is 357 g/mol. The van der Waals surface area contributed by atoms with Crippen molar-refractivity contribution in [2.75, 3.05) is 20.1 Å². The summed E-state index contributed by atoms with van der Waals surface area (Å²) in [6, 6.07) is 4.93. The molecule has 0 aliphatic carbocycles. The minimum absolute atomic E-state index is 0.0892. The summed E-state index contributed by atoms with van der Waals surface area (Å²) in [4.78, 5) is 16.8. The molecule has 1 aromatic rings. The van der Waals surface area contributed by atoms with Crippen molar-refractivity contribution in [3.8, 4) is 0 Å². The molecule has 3 rings (SSSR count). The van der Waals surface area contributed by atoms with Gasteiger partial charge in [0.25, 0.3) is 5.91 Å². The van der Waals surface area contributed by atoms with Crippen LogP contribution in [0, 0.1) is 0 Å². The van der Waals surface area contributed by atoms with Crippen LogP contribution in [0.1, 0.15) is 29.6 Å². The van der Waals surface area contributed by atoms with Gasteiger partial charge in [-0.25, -0.2) is 13.6 Å². The second-order valence-corrected chi connectivity index (χ2v) is 8.25. The number of hydrogen-bond donors (Lipinski definition) is 1. The highest BCUT2D eigenvalue weighted by atomic mass is 35.5. The maximum atomic E-state index is 12.8. The zero-order valence-corrected chi connectivity index (χ0v) is 14.5. The van der Waals surface area contributed by atoms with Gasteiger partial charge in [-0.2, -0.15) is 0 Å². The van der Waals surface area contributed by atoms with Crippen molar-refractivity contribution in [1.82, 2.24) is 9.80 Å². The van der Waals surface area contributed by atoms with Crippen molar-refractivity contribution in [2.24, 2.45) is 5.14 Å². The number of primary sulfonamides is 1. The number of nitrogens with zero attached hydrogens (tertiary/aromatic N) is 2. The molecule has 0 saturated carbocycles. The van der Waals surface area contributed by atoms with Gasteiger partial charge in [0.05, 0.1) is 15.5 Å². The van der Waals surface area contributed by atoms with E-state index in [1.807, 2.05) is 4.90 Å². The average molecular weight is 358 g/mol. The van der Waals surface area contributed by atoms with Crippen molar-refractivity contribution >= 4 is 27.5 Å². The number of hydrogen-bond acceptors (Lipinski definition) is 4. The van der Waals surface area contributed by atoms with Crippen LogP contribution in [0.25, 0.3) is 0 Å². The third-order valence-corrected chi connectivity index (χ3v) is 6.16. The molecule has 2 fully saturated rings. The van der Waals surface area contributed by atoms with Crippen LogP contribution in [-0.4, -0.2) is 56.3 Å². The Bertz CT molecular complexity index is 737. The fraction of sp³-hybridized carbons (Fsp3) is 0.533. The van der Waals surface area contributed by atoms with Crippen LogP contribution in [-0.2, 0) is 10.0 Å². The molecule has 126 valence electrons. The van der Waals surface area contributed by atoms with E-state index in [9.17, 15) is 13.2 Å². The summed E-state index contributed by atoms with van der Waals surface area (Å²) in [6.45, 7) is 1.37. The first-order chi connectivity index (χ1) is 10.8. The molecule has 2 heterocycles. The van der Waals surface area contributed by atoms with E-state index in [1.54, 1.807) is 0 Å². The molecule has 2 bridgehead atoms. The van der Waals surface area contributed by atoms with Gasteiger partial charge in [0.1, 0.15) is 0 Å². The SMILES string of the molecule is CN1C2CCC1CN(C(=O)c1ccc(S(N)(=O)=O)cc1Cl)CC2. The number of carbonyl (C=O) groups excluding carboxylic acids is 1. The third kappa shape index (κ3) is 3.24. The predicted octanol–water partition coefficient (Wildman–Crippen LogP) is 1.30. The Balaban J connectivity index is 1.83. The first-order valence-electron chi connectivity index (χ1n) is 7.61. The maximum absolute atomic E-state index is 12.8. The largest absolute Gasteiger partial charge is 0.337 e. The van der Waals surface area contributed by atoms with E-state index in [2.05, 4.69) is 11.9 Å². The van der Waals surface area contributed by atoms with Gasteiger partial charge in [-0.3, -0.25) is 9.69 Å². The average Bonchev–Trinajstić information content (AvgIpc) is 2.70. The molecule has 23 heavy (non-hydrogen) atoms. The molecule has 2 aliphatic rings. The van der Waals surface area contributed by atoms with Crippen molar-refractivity contribution in [3.05, 3.63) is 28.8 Å². The molecule has 6 nitrogen and oxygen atoms in total. The number of nitrogens with two attached hydrogens (primary N) is 1. The van der Waals surface area contributed by atoms with E-state index in [1.165, 1.54) is 24.6 Å². The van der Waals surface area contributed by atoms with Gasteiger partial charge in [-0.1, -0.05) is 11.6 Å². The smallest absolute Gasteiger partial charge is 0.255 e. The quantitative estimate of drug-likeness (QED) is 0.864. The van der Waals surface area contributed by atoms with Crippen LogP contribution >= 0.6 is 11.6 Å². The molecular weight excluding hydrogens is 338 g/mol. The van der Waals surface area contributed by atoms with Crippen molar-refractivity contribution in [3.63, 3.8) is 0 Å². The van der Waals surface area contributed by atoms with Gasteiger partial charge in [-0.05, 0) is 44.5 Å². The lowest BCUT2D eigenvalue weighted by Gasteiger charge is -2.26. The molecule has 2 aliphatic heterocycles. The number of fused-ring (bicyclic) bond motifs is 2. The summed E-state index contributed by atoms with van der Waals surface area (Å²) in [5, 5.41) is 5.20. The second kappa shape index (κ2) is 6.05. The topological polar surface area (TPSA) is 83.7 Å². The Morgan fingerprint density at radius 3 is 2.61 bits per heavy atom. The van der Waals surface area contributed by atoms with Crippen molar-refractivity contribution in [1.29, 1.82) is 0 Å². The second-order valence-electron chi connectivity index (χ2n) is 6.28.